The number of rotatable bonds is 4. The van der Waals surface area contributed by atoms with Crippen molar-refractivity contribution in [3.05, 3.63) is 28.8 Å². The molecule has 0 bridgehead atoms. The van der Waals surface area contributed by atoms with Crippen molar-refractivity contribution >= 4 is 11.6 Å². The maximum Gasteiger partial charge on any atom is 0.138 e. The third kappa shape index (κ3) is 3.62. The predicted octanol–water partition coefficient (Wildman–Crippen LogP) is 3.55. The molecule has 1 aromatic rings. The average Bonchev–Trinajstić information content (AvgIpc) is 2.74. The lowest BCUT2D eigenvalue weighted by atomic mass is 10.1. The van der Waals surface area contributed by atoms with Crippen LogP contribution in [-0.4, -0.2) is 12.1 Å². The van der Waals surface area contributed by atoms with Crippen LogP contribution in [0.4, 0.5) is 0 Å². The van der Waals surface area contributed by atoms with Crippen molar-refractivity contribution in [2.75, 3.05) is 0 Å². The Balaban J connectivity index is 2.03. The first kappa shape index (κ1) is 12.7. The molecular formula is C14H20ClNO. The van der Waals surface area contributed by atoms with Crippen molar-refractivity contribution in [3.63, 3.8) is 0 Å². The zero-order valence-electron chi connectivity index (χ0n) is 10.3. The molecule has 0 heterocycles. The summed E-state index contributed by atoms with van der Waals surface area (Å²) in [5, 5.41) is 0.704. The van der Waals surface area contributed by atoms with E-state index in [2.05, 4.69) is 6.07 Å². The molecule has 2 rings (SSSR count). The predicted molar refractivity (Wildman–Crippen MR) is 71.7 cm³/mol. The molecule has 17 heavy (non-hydrogen) atoms. The molecule has 0 spiro atoms. The van der Waals surface area contributed by atoms with Gasteiger partial charge in [0.1, 0.15) is 5.75 Å². The summed E-state index contributed by atoms with van der Waals surface area (Å²) in [6.07, 6.45) is 6.04. The fourth-order valence-electron chi connectivity index (χ4n) is 2.32. The number of hydrogen-bond acceptors (Lipinski definition) is 2. The first-order valence-corrected chi connectivity index (χ1v) is 6.73. The molecular weight excluding hydrogens is 234 g/mol. The van der Waals surface area contributed by atoms with Gasteiger partial charge in [0, 0.05) is 6.04 Å². The summed E-state index contributed by atoms with van der Waals surface area (Å²) in [7, 11) is 0. The van der Waals surface area contributed by atoms with E-state index in [0.29, 0.717) is 11.1 Å². The maximum atomic E-state index is 6.23. The van der Waals surface area contributed by atoms with E-state index >= 15 is 0 Å². The van der Waals surface area contributed by atoms with Crippen molar-refractivity contribution in [2.24, 2.45) is 5.73 Å². The Labute approximate surface area is 108 Å². The molecule has 0 radical (unpaired) electrons. The fourth-order valence-corrected chi connectivity index (χ4v) is 2.57. The largest absolute Gasteiger partial charge is 0.489 e. The summed E-state index contributed by atoms with van der Waals surface area (Å²) in [5.74, 6) is 0.812. The molecule has 1 atom stereocenters. The molecule has 94 valence electrons. The molecule has 3 heteroatoms. The van der Waals surface area contributed by atoms with Gasteiger partial charge in [0.05, 0.1) is 11.1 Å². The van der Waals surface area contributed by atoms with E-state index in [9.17, 15) is 0 Å². The van der Waals surface area contributed by atoms with Crippen LogP contribution in [0.1, 0.15) is 38.2 Å². The molecule has 1 fully saturated rings. The van der Waals surface area contributed by atoms with Crippen LogP contribution in [0.15, 0.2) is 18.2 Å². The molecule has 0 aromatic heterocycles. The van der Waals surface area contributed by atoms with Crippen LogP contribution in [0.3, 0.4) is 0 Å². The third-order valence-corrected chi connectivity index (χ3v) is 3.45. The van der Waals surface area contributed by atoms with E-state index in [-0.39, 0.29) is 6.04 Å². The van der Waals surface area contributed by atoms with Crippen molar-refractivity contribution < 1.29 is 4.74 Å². The minimum absolute atomic E-state index is 0.160. The lowest BCUT2D eigenvalue weighted by Gasteiger charge is -2.15. The highest BCUT2D eigenvalue weighted by molar-refractivity contribution is 6.32. The Kier molecular flexibility index (Phi) is 4.30. The summed E-state index contributed by atoms with van der Waals surface area (Å²) in [4.78, 5) is 0. The molecule has 1 unspecified atom stereocenters. The normalized spacial score (nSPS) is 18.3. The zero-order valence-corrected chi connectivity index (χ0v) is 11.0. The Morgan fingerprint density at radius 1 is 1.41 bits per heavy atom. The molecule has 1 aromatic carbocycles. The fraction of sp³-hybridized carbons (Fsp3) is 0.571. The zero-order chi connectivity index (χ0) is 12.3. The topological polar surface area (TPSA) is 35.2 Å². The lowest BCUT2D eigenvalue weighted by Crippen LogP contribution is -2.17. The number of benzene rings is 1. The minimum Gasteiger partial charge on any atom is -0.489 e. The lowest BCUT2D eigenvalue weighted by molar-refractivity contribution is 0.210. The highest BCUT2D eigenvalue weighted by Gasteiger charge is 2.17. The standard InChI is InChI=1S/C14H20ClNO/c1-10(16)8-11-6-7-14(13(15)9-11)17-12-4-2-3-5-12/h6-7,9-10,12H,2-5,8,16H2,1H3. The SMILES string of the molecule is CC(N)Cc1ccc(OC2CCCC2)c(Cl)c1. The number of ether oxygens (including phenoxy) is 1. The summed E-state index contributed by atoms with van der Waals surface area (Å²) >= 11 is 6.23. The molecule has 0 saturated heterocycles. The van der Waals surface area contributed by atoms with Gasteiger partial charge < -0.3 is 10.5 Å². The van der Waals surface area contributed by atoms with Gasteiger partial charge in [-0.15, -0.1) is 0 Å². The van der Waals surface area contributed by atoms with Crippen LogP contribution in [0, 0.1) is 0 Å². The highest BCUT2D eigenvalue weighted by atomic mass is 35.5. The number of hydrogen-bond donors (Lipinski definition) is 1. The summed E-state index contributed by atoms with van der Waals surface area (Å²) < 4.78 is 5.90. The van der Waals surface area contributed by atoms with E-state index in [1.165, 1.54) is 18.4 Å². The van der Waals surface area contributed by atoms with Crippen molar-refractivity contribution in [2.45, 2.75) is 51.2 Å². The quantitative estimate of drug-likeness (QED) is 0.891. The smallest absolute Gasteiger partial charge is 0.138 e. The van der Waals surface area contributed by atoms with Crippen molar-refractivity contribution in [1.29, 1.82) is 0 Å². The van der Waals surface area contributed by atoms with E-state index in [1.54, 1.807) is 0 Å². The molecule has 1 aliphatic carbocycles. The number of nitrogens with two attached hydrogens (primary N) is 1. The van der Waals surface area contributed by atoms with Crippen LogP contribution in [0.2, 0.25) is 5.02 Å². The Morgan fingerprint density at radius 2 is 2.12 bits per heavy atom. The summed E-state index contributed by atoms with van der Waals surface area (Å²) in [6, 6.07) is 6.15. The monoisotopic (exact) mass is 253 g/mol. The number of halogens is 1. The maximum absolute atomic E-state index is 6.23. The second-order valence-corrected chi connectivity index (χ2v) is 5.38. The van der Waals surface area contributed by atoms with Gasteiger partial charge in [0.15, 0.2) is 0 Å². The Bertz CT molecular complexity index is 372. The Morgan fingerprint density at radius 3 is 2.71 bits per heavy atom. The van der Waals surface area contributed by atoms with Gasteiger partial charge in [-0.1, -0.05) is 17.7 Å². The van der Waals surface area contributed by atoms with E-state index < -0.39 is 0 Å². The molecule has 1 aliphatic rings. The van der Waals surface area contributed by atoms with E-state index in [0.717, 1.165) is 25.0 Å². The summed E-state index contributed by atoms with van der Waals surface area (Å²) in [6.45, 7) is 2.00. The Hall–Kier alpha value is -0.730. The molecule has 2 nitrogen and oxygen atoms in total. The van der Waals surface area contributed by atoms with Gasteiger partial charge in [-0.2, -0.15) is 0 Å². The van der Waals surface area contributed by atoms with Crippen LogP contribution in [0.5, 0.6) is 5.75 Å². The second-order valence-electron chi connectivity index (χ2n) is 4.97. The van der Waals surface area contributed by atoms with Crippen LogP contribution in [-0.2, 0) is 6.42 Å². The molecule has 1 saturated carbocycles. The van der Waals surface area contributed by atoms with Gasteiger partial charge in [0.25, 0.3) is 0 Å². The summed E-state index contributed by atoms with van der Waals surface area (Å²) in [5.41, 5.74) is 6.94. The van der Waals surface area contributed by atoms with Crippen LogP contribution >= 0.6 is 11.6 Å². The van der Waals surface area contributed by atoms with Gasteiger partial charge in [-0.05, 0) is 56.7 Å². The van der Waals surface area contributed by atoms with Crippen LogP contribution < -0.4 is 10.5 Å². The second kappa shape index (κ2) is 5.74. The van der Waals surface area contributed by atoms with E-state index in [1.807, 2.05) is 19.1 Å². The van der Waals surface area contributed by atoms with Crippen molar-refractivity contribution in [1.82, 2.24) is 0 Å². The molecule has 2 N–H and O–H groups in total. The van der Waals surface area contributed by atoms with Gasteiger partial charge >= 0.3 is 0 Å². The highest BCUT2D eigenvalue weighted by Crippen LogP contribution is 2.30. The molecule has 0 amide bonds. The first-order valence-electron chi connectivity index (χ1n) is 6.36. The van der Waals surface area contributed by atoms with Crippen LogP contribution in [0.25, 0.3) is 0 Å². The molecule has 0 aliphatic heterocycles. The van der Waals surface area contributed by atoms with Crippen molar-refractivity contribution in [3.8, 4) is 5.75 Å². The van der Waals surface area contributed by atoms with Gasteiger partial charge in [0.2, 0.25) is 0 Å². The first-order chi connectivity index (χ1) is 8.15. The van der Waals surface area contributed by atoms with E-state index in [4.69, 9.17) is 22.1 Å². The third-order valence-electron chi connectivity index (χ3n) is 3.15. The minimum atomic E-state index is 0.160. The van der Waals surface area contributed by atoms with Gasteiger partial charge in [-0.25, -0.2) is 0 Å². The van der Waals surface area contributed by atoms with Gasteiger partial charge in [-0.3, -0.25) is 0 Å². The average molecular weight is 254 g/mol.